The molecule has 7 nitrogen and oxygen atoms in total. The number of piperazine rings is 1. The Bertz CT molecular complexity index is 1130. The monoisotopic (exact) mass is 418 g/mol. The van der Waals surface area contributed by atoms with Crippen LogP contribution in [0, 0.1) is 0 Å². The third kappa shape index (κ3) is 3.25. The molecule has 0 spiro atoms. The lowest BCUT2D eigenvalue weighted by Crippen LogP contribution is -2.47. The molecule has 0 radical (unpaired) electrons. The van der Waals surface area contributed by atoms with Crippen LogP contribution in [0.2, 0.25) is 0 Å². The van der Waals surface area contributed by atoms with Crippen LogP contribution >= 0.6 is 0 Å². The maximum Gasteiger partial charge on any atom is 0.274 e. The zero-order valence-electron chi connectivity index (χ0n) is 18.1. The lowest BCUT2D eigenvalue weighted by molar-refractivity contribution is 0.0657. The van der Waals surface area contributed by atoms with Crippen molar-refractivity contribution in [3.05, 3.63) is 59.3 Å². The summed E-state index contributed by atoms with van der Waals surface area (Å²) in [6.45, 7) is 3.19. The Hall–Kier alpha value is -3.32. The van der Waals surface area contributed by atoms with Crippen molar-refractivity contribution in [1.29, 1.82) is 0 Å². The van der Waals surface area contributed by atoms with Crippen molar-refractivity contribution in [1.82, 2.24) is 19.6 Å². The van der Waals surface area contributed by atoms with Crippen LogP contribution in [0.4, 0.5) is 0 Å². The van der Waals surface area contributed by atoms with Gasteiger partial charge in [0, 0.05) is 43.7 Å². The highest BCUT2D eigenvalue weighted by molar-refractivity contribution is 5.97. The molecule has 2 heterocycles. The number of amides is 1. The molecule has 1 aromatic heterocycles. The Labute approximate surface area is 181 Å². The first-order chi connectivity index (χ1) is 15.1. The number of fused-ring (bicyclic) bond motifs is 3. The molecular weight excluding hydrogens is 392 g/mol. The average Bonchev–Trinajstić information content (AvgIpc) is 3.35. The Morgan fingerprint density at radius 1 is 0.968 bits per heavy atom. The second-order valence-corrected chi connectivity index (χ2v) is 8.06. The van der Waals surface area contributed by atoms with Gasteiger partial charge in [-0.3, -0.25) is 4.79 Å². The Balaban J connectivity index is 1.65. The van der Waals surface area contributed by atoms with Crippen LogP contribution in [0.1, 0.15) is 21.6 Å². The zero-order valence-corrected chi connectivity index (χ0v) is 18.1. The molecule has 1 saturated heterocycles. The summed E-state index contributed by atoms with van der Waals surface area (Å²) in [4.78, 5) is 17.7. The highest BCUT2D eigenvalue weighted by Gasteiger charge is 2.34. The number of methoxy groups -OCH3 is 2. The second-order valence-electron chi connectivity index (χ2n) is 8.06. The van der Waals surface area contributed by atoms with Gasteiger partial charge in [0.2, 0.25) is 0 Å². The molecule has 7 heteroatoms. The lowest BCUT2D eigenvalue weighted by atomic mass is 10.1. The number of benzene rings is 2. The predicted octanol–water partition coefficient (Wildman–Crippen LogP) is 2.85. The van der Waals surface area contributed by atoms with Gasteiger partial charge < -0.3 is 19.3 Å². The highest BCUT2D eigenvalue weighted by atomic mass is 16.5. The van der Waals surface area contributed by atoms with Crippen molar-refractivity contribution in [3.8, 4) is 28.4 Å². The molecule has 2 aromatic carbocycles. The SMILES string of the molecule is COc1cc2c(cc1OC)-c1c(c(C(=O)N3CCN(C)CC3)nn1-c1ccccc1)C2. The summed E-state index contributed by atoms with van der Waals surface area (Å²) in [6.07, 6.45) is 0.646. The van der Waals surface area contributed by atoms with Crippen LogP contribution in [0.3, 0.4) is 0 Å². The van der Waals surface area contributed by atoms with Gasteiger partial charge in [-0.05, 0) is 36.9 Å². The smallest absolute Gasteiger partial charge is 0.274 e. The van der Waals surface area contributed by atoms with E-state index in [0.717, 1.165) is 54.3 Å². The van der Waals surface area contributed by atoms with Crippen molar-refractivity contribution < 1.29 is 14.3 Å². The number of hydrogen-bond acceptors (Lipinski definition) is 5. The zero-order chi connectivity index (χ0) is 21.5. The van der Waals surface area contributed by atoms with E-state index in [1.807, 2.05) is 52.0 Å². The van der Waals surface area contributed by atoms with E-state index < -0.39 is 0 Å². The van der Waals surface area contributed by atoms with Gasteiger partial charge in [-0.1, -0.05) is 18.2 Å². The van der Waals surface area contributed by atoms with E-state index in [0.29, 0.717) is 23.6 Å². The molecule has 1 amide bonds. The van der Waals surface area contributed by atoms with E-state index in [1.165, 1.54) is 0 Å². The van der Waals surface area contributed by atoms with Crippen molar-refractivity contribution >= 4 is 5.91 Å². The summed E-state index contributed by atoms with van der Waals surface area (Å²) < 4.78 is 13.0. The minimum absolute atomic E-state index is 0.00534. The van der Waals surface area contributed by atoms with Crippen LogP contribution < -0.4 is 9.47 Å². The summed E-state index contributed by atoms with van der Waals surface area (Å²) in [5.41, 5.74) is 5.54. The third-order valence-corrected chi connectivity index (χ3v) is 6.21. The molecule has 0 atom stereocenters. The van der Waals surface area contributed by atoms with Crippen molar-refractivity contribution in [2.45, 2.75) is 6.42 Å². The van der Waals surface area contributed by atoms with E-state index in [-0.39, 0.29) is 5.91 Å². The maximum absolute atomic E-state index is 13.5. The van der Waals surface area contributed by atoms with E-state index in [2.05, 4.69) is 11.9 Å². The molecule has 1 fully saturated rings. The number of aromatic nitrogens is 2. The fourth-order valence-electron chi connectivity index (χ4n) is 4.46. The molecule has 0 bridgehead atoms. The average molecular weight is 418 g/mol. The molecule has 31 heavy (non-hydrogen) atoms. The molecule has 1 aliphatic carbocycles. The normalized spacial score (nSPS) is 15.5. The van der Waals surface area contributed by atoms with Crippen LogP contribution in [0.5, 0.6) is 11.5 Å². The number of carbonyl (C=O) groups is 1. The van der Waals surface area contributed by atoms with E-state index in [1.54, 1.807) is 14.2 Å². The summed E-state index contributed by atoms with van der Waals surface area (Å²) in [7, 11) is 5.36. The summed E-state index contributed by atoms with van der Waals surface area (Å²) in [5.74, 6) is 1.37. The Kier molecular flexibility index (Phi) is 4.90. The minimum atomic E-state index is 0.00534. The summed E-state index contributed by atoms with van der Waals surface area (Å²) in [5, 5.41) is 4.83. The van der Waals surface area contributed by atoms with Gasteiger partial charge in [0.1, 0.15) is 0 Å². The molecule has 0 N–H and O–H groups in total. The maximum atomic E-state index is 13.5. The number of rotatable bonds is 4. The summed E-state index contributed by atoms with van der Waals surface area (Å²) >= 11 is 0. The Morgan fingerprint density at radius 3 is 2.32 bits per heavy atom. The third-order valence-electron chi connectivity index (χ3n) is 6.21. The topological polar surface area (TPSA) is 59.8 Å². The van der Waals surface area contributed by atoms with Gasteiger partial charge in [0.15, 0.2) is 17.2 Å². The predicted molar refractivity (Wildman–Crippen MR) is 118 cm³/mol. The molecule has 5 rings (SSSR count). The number of hydrogen-bond donors (Lipinski definition) is 0. The summed E-state index contributed by atoms with van der Waals surface area (Å²) in [6, 6.07) is 14.0. The molecule has 2 aliphatic rings. The number of para-hydroxylation sites is 1. The van der Waals surface area contributed by atoms with Gasteiger partial charge in [-0.15, -0.1) is 0 Å². The fraction of sp³-hybridized carbons (Fsp3) is 0.333. The van der Waals surface area contributed by atoms with Crippen molar-refractivity contribution in [2.24, 2.45) is 0 Å². The lowest BCUT2D eigenvalue weighted by Gasteiger charge is -2.32. The quantitative estimate of drug-likeness (QED) is 0.510. The highest BCUT2D eigenvalue weighted by Crippen LogP contribution is 2.45. The number of likely N-dealkylation sites (N-methyl/N-ethyl adjacent to an activating group) is 1. The van der Waals surface area contributed by atoms with Crippen LogP contribution in [0.25, 0.3) is 16.9 Å². The van der Waals surface area contributed by atoms with Crippen LogP contribution in [0.15, 0.2) is 42.5 Å². The second kappa shape index (κ2) is 7.74. The first kappa shape index (κ1) is 19.6. The fourth-order valence-corrected chi connectivity index (χ4v) is 4.46. The minimum Gasteiger partial charge on any atom is -0.493 e. The van der Waals surface area contributed by atoms with Crippen LogP contribution in [-0.2, 0) is 6.42 Å². The molecule has 0 unspecified atom stereocenters. The largest absolute Gasteiger partial charge is 0.493 e. The molecule has 1 aliphatic heterocycles. The first-order valence-electron chi connectivity index (χ1n) is 10.5. The molecule has 3 aromatic rings. The van der Waals surface area contributed by atoms with Gasteiger partial charge in [0.25, 0.3) is 5.91 Å². The van der Waals surface area contributed by atoms with Gasteiger partial charge in [-0.25, -0.2) is 4.68 Å². The number of ether oxygens (including phenoxy) is 2. The molecular formula is C24H26N4O3. The van der Waals surface area contributed by atoms with Crippen molar-refractivity contribution in [3.63, 3.8) is 0 Å². The first-order valence-corrected chi connectivity index (χ1v) is 10.5. The van der Waals surface area contributed by atoms with Crippen LogP contribution in [-0.4, -0.2) is 72.9 Å². The molecule has 160 valence electrons. The van der Waals surface area contributed by atoms with Gasteiger partial charge in [-0.2, -0.15) is 5.10 Å². The van der Waals surface area contributed by atoms with Gasteiger partial charge in [0.05, 0.1) is 25.6 Å². The van der Waals surface area contributed by atoms with Gasteiger partial charge >= 0.3 is 0 Å². The van der Waals surface area contributed by atoms with Crippen molar-refractivity contribution in [2.75, 3.05) is 47.4 Å². The number of carbonyl (C=O) groups excluding carboxylic acids is 1. The van der Waals surface area contributed by atoms with E-state index in [9.17, 15) is 4.79 Å². The number of nitrogens with zero attached hydrogens (tertiary/aromatic N) is 4. The standard InChI is InChI=1S/C24H26N4O3/c1-26-9-11-27(12-10-26)24(29)22-19-13-16-14-20(30-2)21(31-3)15-18(16)23(19)28(25-22)17-7-5-4-6-8-17/h4-8,14-15H,9-13H2,1-3H3. The molecule has 0 saturated carbocycles. The van der Waals surface area contributed by atoms with E-state index in [4.69, 9.17) is 14.6 Å². The Morgan fingerprint density at radius 2 is 1.65 bits per heavy atom. The van der Waals surface area contributed by atoms with E-state index >= 15 is 0 Å².